The van der Waals surface area contributed by atoms with Crippen molar-refractivity contribution in [3.63, 3.8) is 0 Å². The van der Waals surface area contributed by atoms with E-state index in [1.165, 1.54) is 12.1 Å². The van der Waals surface area contributed by atoms with E-state index in [9.17, 15) is 9.18 Å². The zero-order chi connectivity index (χ0) is 15.8. The van der Waals surface area contributed by atoms with Gasteiger partial charge >= 0.3 is 0 Å². The molecule has 7 heteroatoms. The molecule has 1 saturated heterocycles. The van der Waals surface area contributed by atoms with Gasteiger partial charge < -0.3 is 19.7 Å². The topological polar surface area (TPSA) is 50.8 Å². The van der Waals surface area contributed by atoms with E-state index in [-0.39, 0.29) is 30.2 Å². The summed E-state index contributed by atoms with van der Waals surface area (Å²) in [7, 11) is 1.63. The Labute approximate surface area is 142 Å². The summed E-state index contributed by atoms with van der Waals surface area (Å²) in [6.45, 7) is 2.99. The minimum atomic E-state index is -0.270. The van der Waals surface area contributed by atoms with Crippen molar-refractivity contribution in [3.05, 3.63) is 30.1 Å². The van der Waals surface area contributed by atoms with Crippen molar-refractivity contribution in [3.8, 4) is 5.75 Å². The van der Waals surface area contributed by atoms with Gasteiger partial charge in [0, 0.05) is 39.6 Å². The van der Waals surface area contributed by atoms with E-state index in [1.807, 2.05) is 4.90 Å². The molecule has 1 fully saturated rings. The Bertz CT molecular complexity index is 465. The molecule has 0 spiro atoms. The number of amides is 1. The van der Waals surface area contributed by atoms with Crippen molar-refractivity contribution < 1.29 is 18.7 Å². The first kappa shape index (κ1) is 19.7. The summed E-state index contributed by atoms with van der Waals surface area (Å²) in [5, 5.41) is 3.06. The lowest BCUT2D eigenvalue weighted by Crippen LogP contribution is -2.45. The number of likely N-dealkylation sites (tertiary alicyclic amines) is 1. The maximum absolute atomic E-state index is 12.8. The van der Waals surface area contributed by atoms with Crippen molar-refractivity contribution >= 4 is 18.3 Å². The quantitative estimate of drug-likeness (QED) is 0.766. The molecule has 1 aliphatic rings. The number of rotatable bonds is 7. The van der Waals surface area contributed by atoms with Gasteiger partial charge in [-0.2, -0.15) is 0 Å². The van der Waals surface area contributed by atoms with Crippen LogP contribution in [0.1, 0.15) is 12.8 Å². The molecule has 0 unspecified atom stereocenters. The van der Waals surface area contributed by atoms with Gasteiger partial charge in [0.25, 0.3) is 0 Å². The molecule has 5 nitrogen and oxygen atoms in total. The van der Waals surface area contributed by atoms with E-state index < -0.39 is 0 Å². The van der Waals surface area contributed by atoms with Crippen molar-refractivity contribution in [1.82, 2.24) is 10.2 Å². The third-order valence-corrected chi connectivity index (χ3v) is 3.67. The van der Waals surface area contributed by atoms with Gasteiger partial charge in [-0.05, 0) is 24.3 Å². The number of carbonyl (C=O) groups is 1. The zero-order valence-corrected chi connectivity index (χ0v) is 14.1. The summed E-state index contributed by atoms with van der Waals surface area (Å²) in [4.78, 5) is 13.9. The Kier molecular flexibility index (Phi) is 8.91. The number of methoxy groups -OCH3 is 1. The molecule has 0 aliphatic carbocycles. The first-order valence-corrected chi connectivity index (χ1v) is 7.58. The number of hydrogen-bond acceptors (Lipinski definition) is 4. The van der Waals surface area contributed by atoms with Crippen LogP contribution in [0.3, 0.4) is 0 Å². The average molecular weight is 347 g/mol. The van der Waals surface area contributed by atoms with E-state index in [0.717, 1.165) is 12.8 Å². The highest BCUT2D eigenvalue weighted by molar-refractivity contribution is 5.85. The Morgan fingerprint density at radius 3 is 2.57 bits per heavy atom. The Morgan fingerprint density at radius 1 is 1.30 bits per heavy atom. The van der Waals surface area contributed by atoms with Gasteiger partial charge in [0.05, 0.1) is 13.2 Å². The van der Waals surface area contributed by atoms with Crippen LogP contribution in [0.2, 0.25) is 0 Å². The lowest BCUT2D eigenvalue weighted by molar-refractivity contribution is -0.132. The van der Waals surface area contributed by atoms with Crippen molar-refractivity contribution in [2.75, 3.05) is 39.9 Å². The molecule has 23 heavy (non-hydrogen) atoms. The lowest BCUT2D eigenvalue weighted by atomic mass is 10.1. The van der Waals surface area contributed by atoms with E-state index in [0.29, 0.717) is 38.5 Å². The van der Waals surface area contributed by atoms with Crippen LogP contribution in [-0.4, -0.2) is 56.8 Å². The molecule has 0 saturated carbocycles. The summed E-state index contributed by atoms with van der Waals surface area (Å²) in [6.07, 6.45) is 1.67. The minimum absolute atomic E-state index is 0. The molecule has 1 aromatic carbocycles. The Hall–Kier alpha value is -1.37. The second-order valence-corrected chi connectivity index (χ2v) is 5.32. The minimum Gasteiger partial charge on any atom is -0.490 e. The van der Waals surface area contributed by atoms with Crippen molar-refractivity contribution in [2.24, 2.45) is 0 Å². The number of benzene rings is 1. The molecule has 0 aromatic heterocycles. The van der Waals surface area contributed by atoms with E-state index >= 15 is 0 Å². The maximum Gasteiger partial charge on any atom is 0.236 e. The highest BCUT2D eigenvalue weighted by atomic mass is 35.5. The summed E-state index contributed by atoms with van der Waals surface area (Å²) >= 11 is 0. The predicted octanol–water partition coefficient (Wildman–Crippen LogP) is 1.85. The van der Waals surface area contributed by atoms with Gasteiger partial charge in [-0.15, -0.1) is 12.4 Å². The van der Waals surface area contributed by atoms with Gasteiger partial charge in [0.1, 0.15) is 17.7 Å². The van der Waals surface area contributed by atoms with Crippen LogP contribution in [0, 0.1) is 5.82 Å². The van der Waals surface area contributed by atoms with Crippen LogP contribution < -0.4 is 10.1 Å². The molecule has 1 aromatic rings. The van der Waals surface area contributed by atoms with Crippen LogP contribution >= 0.6 is 12.4 Å². The first-order valence-electron chi connectivity index (χ1n) is 7.58. The predicted molar refractivity (Wildman–Crippen MR) is 88.6 cm³/mol. The summed E-state index contributed by atoms with van der Waals surface area (Å²) in [5.41, 5.74) is 0. The molecule has 0 radical (unpaired) electrons. The van der Waals surface area contributed by atoms with Crippen LogP contribution in [0.4, 0.5) is 4.39 Å². The molecule has 1 heterocycles. The molecular weight excluding hydrogens is 323 g/mol. The van der Waals surface area contributed by atoms with E-state index in [2.05, 4.69) is 5.32 Å². The fourth-order valence-electron chi connectivity index (χ4n) is 2.41. The third kappa shape index (κ3) is 6.72. The highest BCUT2D eigenvalue weighted by Gasteiger charge is 2.23. The number of ether oxygens (including phenoxy) is 2. The third-order valence-electron chi connectivity index (χ3n) is 3.67. The van der Waals surface area contributed by atoms with Gasteiger partial charge in [-0.1, -0.05) is 0 Å². The number of nitrogens with one attached hydrogen (secondary N) is 1. The molecular formula is C16H24ClFN2O3. The fourth-order valence-corrected chi connectivity index (χ4v) is 2.41. The van der Waals surface area contributed by atoms with E-state index in [1.54, 1.807) is 19.2 Å². The highest BCUT2D eigenvalue weighted by Crippen LogP contribution is 2.19. The largest absolute Gasteiger partial charge is 0.490 e. The lowest BCUT2D eigenvalue weighted by Gasteiger charge is -2.32. The number of carbonyl (C=O) groups excluding carboxylic acids is 1. The Balaban J connectivity index is 0.00000264. The molecule has 1 aliphatic heterocycles. The number of halogens is 2. The number of hydrogen-bond donors (Lipinski definition) is 1. The smallest absolute Gasteiger partial charge is 0.236 e. The average Bonchev–Trinajstić information content (AvgIpc) is 2.54. The monoisotopic (exact) mass is 346 g/mol. The van der Waals surface area contributed by atoms with Crippen molar-refractivity contribution in [1.29, 1.82) is 0 Å². The van der Waals surface area contributed by atoms with Crippen LogP contribution in [-0.2, 0) is 9.53 Å². The normalized spacial score (nSPS) is 15.1. The van der Waals surface area contributed by atoms with Gasteiger partial charge in [-0.3, -0.25) is 4.79 Å². The van der Waals surface area contributed by atoms with Crippen molar-refractivity contribution in [2.45, 2.75) is 18.9 Å². The number of nitrogens with zero attached hydrogens (tertiary/aromatic N) is 1. The van der Waals surface area contributed by atoms with Gasteiger partial charge in [-0.25, -0.2) is 4.39 Å². The second-order valence-electron chi connectivity index (χ2n) is 5.32. The zero-order valence-electron chi connectivity index (χ0n) is 13.3. The van der Waals surface area contributed by atoms with Crippen LogP contribution in [0.25, 0.3) is 0 Å². The Morgan fingerprint density at radius 2 is 1.96 bits per heavy atom. The van der Waals surface area contributed by atoms with Gasteiger partial charge in [0.2, 0.25) is 5.91 Å². The molecule has 2 rings (SSSR count). The summed E-state index contributed by atoms with van der Waals surface area (Å²) in [5.74, 6) is 0.512. The maximum atomic E-state index is 12.8. The van der Waals surface area contributed by atoms with E-state index in [4.69, 9.17) is 9.47 Å². The summed E-state index contributed by atoms with van der Waals surface area (Å²) in [6, 6.07) is 6.04. The summed E-state index contributed by atoms with van der Waals surface area (Å²) < 4.78 is 23.6. The fraction of sp³-hybridized carbons (Fsp3) is 0.562. The van der Waals surface area contributed by atoms with Gasteiger partial charge in [0.15, 0.2) is 0 Å². The van der Waals surface area contributed by atoms with Crippen LogP contribution in [0.5, 0.6) is 5.75 Å². The molecule has 0 atom stereocenters. The standard InChI is InChI=1S/C16H23FN2O3.ClH/c1-21-11-8-18-12-16(20)19-9-6-15(7-10-19)22-14-4-2-13(17)3-5-14;/h2-5,15,18H,6-12H2,1H3;1H. The molecule has 130 valence electrons. The molecule has 0 bridgehead atoms. The number of piperidine rings is 1. The SMILES string of the molecule is COCCNCC(=O)N1CCC(Oc2ccc(F)cc2)CC1.Cl. The molecule has 1 amide bonds. The molecule has 1 N–H and O–H groups in total. The van der Waals surface area contributed by atoms with Crippen LogP contribution in [0.15, 0.2) is 24.3 Å². The first-order chi connectivity index (χ1) is 10.7. The second kappa shape index (κ2) is 10.4.